The van der Waals surface area contributed by atoms with E-state index in [4.69, 9.17) is 4.52 Å². The molecular weight excluding hydrogens is 320 g/mol. The molecule has 0 saturated carbocycles. The van der Waals surface area contributed by atoms with Crippen molar-refractivity contribution in [1.29, 1.82) is 0 Å². The third-order valence-electron chi connectivity index (χ3n) is 2.74. The normalized spacial score (nSPS) is 11.1. The maximum Gasteiger partial charge on any atom is 0.185 e. The molecule has 2 aromatic carbocycles. The summed E-state index contributed by atoms with van der Waals surface area (Å²) in [6.45, 7) is 0. The lowest BCUT2D eigenvalue weighted by molar-refractivity contribution is 0.447. The zero-order valence-corrected chi connectivity index (χ0v) is 10.9. The van der Waals surface area contributed by atoms with E-state index >= 15 is 0 Å². The molecule has 3 rings (SSSR count). The van der Waals surface area contributed by atoms with E-state index in [1.165, 1.54) is 12.1 Å². The summed E-state index contributed by atoms with van der Waals surface area (Å²) in [7, 11) is 0. The van der Waals surface area contributed by atoms with Gasteiger partial charge in [-0.2, -0.15) is 0 Å². The standard InChI is InChI=1S/C13H6BrF2NO2/c14-11-10(18)4-2-7-12(17-19-13(7)11)8-5-6(15)1-3-9(8)16/h1-5,18H. The molecule has 6 heteroatoms. The summed E-state index contributed by atoms with van der Waals surface area (Å²) in [5, 5.41) is 13.8. The van der Waals surface area contributed by atoms with Gasteiger partial charge in [0.25, 0.3) is 0 Å². The Bertz CT molecular complexity index is 786. The van der Waals surface area contributed by atoms with Crippen molar-refractivity contribution in [2.24, 2.45) is 0 Å². The molecule has 0 atom stereocenters. The second-order valence-electron chi connectivity index (χ2n) is 3.93. The van der Waals surface area contributed by atoms with Crippen LogP contribution in [0, 0.1) is 11.6 Å². The highest BCUT2D eigenvalue weighted by atomic mass is 79.9. The van der Waals surface area contributed by atoms with E-state index in [0.717, 1.165) is 18.2 Å². The number of hydrogen-bond donors (Lipinski definition) is 1. The van der Waals surface area contributed by atoms with Gasteiger partial charge in [0.1, 0.15) is 27.6 Å². The molecule has 0 fully saturated rings. The summed E-state index contributed by atoms with van der Waals surface area (Å²) in [6, 6.07) is 6.06. The van der Waals surface area contributed by atoms with E-state index in [0.29, 0.717) is 9.86 Å². The monoisotopic (exact) mass is 325 g/mol. The third kappa shape index (κ3) is 1.88. The van der Waals surface area contributed by atoms with Gasteiger partial charge in [-0.15, -0.1) is 0 Å². The van der Waals surface area contributed by atoms with Crippen molar-refractivity contribution in [1.82, 2.24) is 5.16 Å². The van der Waals surface area contributed by atoms with Crippen LogP contribution < -0.4 is 0 Å². The lowest BCUT2D eigenvalue weighted by Gasteiger charge is -2.00. The molecular formula is C13H6BrF2NO2. The molecule has 96 valence electrons. The Balaban J connectivity index is 2.32. The van der Waals surface area contributed by atoms with Gasteiger partial charge in [-0.25, -0.2) is 8.78 Å². The summed E-state index contributed by atoms with van der Waals surface area (Å²) >= 11 is 3.15. The zero-order chi connectivity index (χ0) is 13.6. The van der Waals surface area contributed by atoms with Crippen molar-refractivity contribution >= 4 is 26.9 Å². The van der Waals surface area contributed by atoms with Gasteiger partial charge in [0.15, 0.2) is 5.58 Å². The number of phenolic OH excluding ortho intramolecular Hbond substituents is 1. The molecule has 1 aromatic heterocycles. The van der Waals surface area contributed by atoms with Crippen molar-refractivity contribution in [3.63, 3.8) is 0 Å². The first-order valence-electron chi connectivity index (χ1n) is 5.30. The molecule has 0 aliphatic heterocycles. The smallest absolute Gasteiger partial charge is 0.185 e. The number of rotatable bonds is 1. The van der Waals surface area contributed by atoms with Crippen molar-refractivity contribution in [2.45, 2.75) is 0 Å². The van der Waals surface area contributed by atoms with E-state index in [1.54, 1.807) is 0 Å². The van der Waals surface area contributed by atoms with Gasteiger partial charge in [-0.3, -0.25) is 0 Å². The van der Waals surface area contributed by atoms with Crippen LogP contribution in [-0.4, -0.2) is 10.3 Å². The molecule has 0 unspecified atom stereocenters. The number of phenols is 1. The highest BCUT2D eigenvalue weighted by Gasteiger charge is 2.18. The first-order chi connectivity index (χ1) is 9.08. The van der Waals surface area contributed by atoms with Crippen LogP contribution in [-0.2, 0) is 0 Å². The summed E-state index contributed by atoms with van der Waals surface area (Å²) in [5.41, 5.74) is 0.475. The van der Waals surface area contributed by atoms with E-state index < -0.39 is 11.6 Å². The summed E-state index contributed by atoms with van der Waals surface area (Å²) < 4.78 is 32.3. The molecule has 1 heterocycles. The molecule has 0 aliphatic rings. The topological polar surface area (TPSA) is 46.3 Å². The quantitative estimate of drug-likeness (QED) is 0.727. The molecule has 0 saturated heterocycles. The number of benzene rings is 2. The Morgan fingerprint density at radius 2 is 1.95 bits per heavy atom. The van der Waals surface area contributed by atoms with Crippen LogP contribution in [0.25, 0.3) is 22.2 Å². The second kappa shape index (κ2) is 4.31. The molecule has 19 heavy (non-hydrogen) atoms. The van der Waals surface area contributed by atoms with Crippen LogP contribution in [0.5, 0.6) is 5.75 Å². The van der Waals surface area contributed by atoms with Gasteiger partial charge in [0, 0.05) is 5.56 Å². The van der Waals surface area contributed by atoms with E-state index in [1.807, 2.05) is 0 Å². The highest BCUT2D eigenvalue weighted by molar-refractivity contribution is 9.10. The Labute approximate surface area is 114 Å². The van der Waals surface area contributed by atoms with Gasteiger partial charge in [0.2, 0.25) is 0 Å². The first kappa shape index (κ1) is 12.1. The molecule has 3 aromatic rings. The number of nitrogens with zero attached hydrogens (tertiary/aromatic N) is 1. The van der Waals surface area contributed by atoms with Gasteiger partial charge in [0.05, 0.1) is 5.39 Å². The van der Waals surface area contributed by atoms with Crippen LogP contribution in [0.15, 0.2) is 39.3 Å². The second-order valence-corrected chi connectivity index (χ2v) is 4.72. The number of halogens is 3. The Morgan fingerprint density at radius 1 is 1.16 bits per heavy atom. The van der Waals surface area contributed by atoms with Crippen LogP contribution >= 0.6 is 15.9 Å². The Kier molecular flexibility index (Phi) is 2.74. The van der Waals surface area contributed by atoms with Crippen LogP contribution in [0.4, 0.5) is 8.78 Å². The van der Waals surface area contributed by atoms with E-state index in [-0.39, 0.29) is 22.6 Å². The fraction of sp³-hybridized carbons (Fsp3) is 0. The van der Waals surface area contributed by atoms with Crippen LogP contribution in [0.3, 0.4) is 0 Å². The fourth-order valence-electron chi connectivity index (χ4n) is 1.84. The van der Waals surface area contributed by atoms with Gasteiger partial charge in [-0.1, -0.05) is 5.16 Å². The minimum Gasteiger partial charge on any atom is -0.507 e. The summed E-state index contributed by atoms with van der Waals surface area (Å²) in [4.78, 5) is 0. The fourth-order valence-corrected chi connectivity index (χ4v) is 2.25. The van der Waals surface area contributed by atoms with Crippen molar-refractivity contribution < 1.29 is 18.4 Å². The summed E-state index contributed by atoms with van der Waals surface area (Å²) in [5.74, 6) is -1.18. The van der Waals surface area contributed by atoms with Crippen molar-refractivity contribution in [2.75, 3.05) is 0 Å². The minimum absolute atomic E-state index is 0.0105. The number of fused-ring (bicyclic) bond motifs is 1. The highest BCUT2D eigenvalue weighted by Crippen LogP contribution is 2.37. The molecule has 3 nitrogen and oxygen atoms in total. The Morgan fingerprint density at radius 3 is 2.74 bits per heavy atom. The SMILES string of the molecule is Oc1ccc2c(-c3cc(F)ccc3F)noc2c1Br. The zero-order valence-electron chi connectivity index (χ0n) is 9.32. The van der Waals surface area contributed by atoms with E-state index in [9.17, 15) is 13.9 Å². The van der Waals surface area contributed by atoms with Gasteiger partial charge in [-0.05, 0) is 46.3 Å². The predicted octanol–water partition coefficient (Wildman–Crippen LogP) is 4.24. The molecule has 0 bridgehead atoms. The molecule has 0 aliphatic carbocycles. The maximum atomic E-state index is 13.7. The van der Waals surface area contributed by atoms with Crippen LogP contribution in [0.1, 0.15) is 0 Å². The van der Waals surface area contributed by atoms with Crippen molar-refractivity contribution in [3.05, 3.63) is 46.4 Å². The Hall–Kier alpha value is -1.95. The largest absolute Gasteiger partial charge is 0.507 e. The van der Waals surface area contributed by atoms with Gasteiger partial charge < -0.3 is 9.63 Å². The average molecular weight is 326 g/mol. The van der Waals surface area contributed by atoms with Crippen LogP contribution in [0.2, 0.25) is 0 Å². The van der Waals surface area contributed by atoms with Crippen molar-refractivity contribution in [3.8, 4) is 17.0 Å². The average Bonchev–Trinajstić information content (AvgIpc) is 2.81. The lowest BCUT2D eigenvalue weighted by Crippen LogP contribution is -1.87. The third-order valence-corrected chi connectivity index (χ3v) is 3.51. The maximum absolute atomic E-state index is 13.7. The summed E-state index contributed by atoms with van der Waals surface area (Å²) in [6.07, 6.45) is 0. The van der Waals surface area contributed by atoms with E-state index in [2.05, 4.69) is 21.1 Å². The van der Waals surface area contributed by atoms with Gasteiger partial charge >= 0.3 is 0 Å². The molecule has 0 spiro atoms. The molecule has 1 N–H and O–H groups in total. The molecule has 0 amide bonds. The lowest BCUT2D eigenvalue weighted by atomic mass is 10.1. The number of aromatic nitrogens is 1. The number of hydrogen-bond acceptors (Lipinski definition) is 3. The minimum atomic E-state index is -0.596. The number of aromatic hydroxyl groups is 1. The predicted molar refractivity (Wildman–Crippen MR) is 68.7 cm³/mol. The molecule has 0 radical (unpaired) electrons. The first-order valence-corrected chi connectivity index (χ1v) is 6.09.